The van der Waals surface area contributed by atoms with Gasteiger partial charge in [0.15, 0.2) is 15.5 Å². The van der Waals surface area contributed by atoms with Crippen LogP contribution >= 0.6 is 11.3 Å². The van der Waals surface area contributed by atoms with Crippen LogP contribution in [-0.2, 0) is 21.2 Å². The van der Waals surface area contributed by atoms with Gasteiger partial charge in [-0.15, -0.1) is 0 Å². The Morgan fingerprint density at radius 1 is 1.22 bits per heavy atom. The molecule has 0 aliphatic carbocycles. The summed E-state index contributed by atoms with van der Waals surface area (Å²) >= 11 is 0.890. The number of hydrogen-bond donors (Lipinski definition) is 1. The van der Waals surface area contributed by atoms with Gasteiger partial charge >= 0.3 is 0 Å². The predicted octanol–water partition coefficient (Wildman–Crippen LogP) is 1.79. The minimum absolute atomic E-state index is 0.0272. The summed E-state index contributed by atoms with van der Waals surface area (Å²) in [5, 5.41) is 5.47. The second-order valence-corrected chi connectivity index (χ2v) is 8.75. The summed E-state index contributed by atoms with van der Waals surface area (Å²) in [5.74, 6) is -0.191. The molecule has 0 atom stereocenters. The largest absolute Gasteiger partial charge is 0.291 e. The van der Waals surface area contributed by atoms with Crippen LogP contribution in [0.5, 0.6) is 0 Å². The van der Waals surface area contributed by atoms with Crippen LogP contribution in [0.4, 0.5) is 5.13 Å². The zero-order chi connectivity index (χ0) is 19.6. The van der Waals surface area contributed by atoms with Crippen molar-refractivity contribution >= 4 is 32.4 Å². The second-order valence-electron chi connectivity index (χ2n) is 6.02. The Morgan fingerprint density at radius 2 is 1.93 bits per heavy atom. The fraction of sp³-hybridized carbons (Fsp3) is 0.167. The molecule has 0 aliphatic rings. The Labute approximate surface area is 161 Å². The monoisotopic (exact) mass is 403 g/mol. The van der Waals surface area contributed by atoms with Gasteiger partial charge in [0.2, 0.25) is 21.6 Å². The minimum Gasteiger partial charge on any atom is -0.291 e. The van der Waals surface area contributed by atoms with E-state index in [0.717, 1.165) is 28.2 Å². The van der Waals surface area contributed by atoms with Crippen LogP contribution in [0.2, 0.25) is 0 Å². The van der Waals surface area contributed by atoms with Crippen LogP contribution in [0.1, 0.15) is 11.3 Å². The molecule has 0 fully saturated rings. The number of likely N-dealkylation sites (N-methyl/N-ethyl adjacent to an activating group) is 1. The molecule has 3 rings (SSSR count). The number of carbonyl (C=O) groups excluding carboxylic acids is 1. The number of rotatable bonds is 5. The number of primary sulfonamides is 1. The molecule has 2 aromatic heterocycles. The number of anilines is 1. The molecule has 3 aromatic rings. The first kappa shape index (κ1) is 19.2. The van der Waals surface area contributed by atoms with Gasteiger partial charge in [0.05, 0.1) is 12.1 Å². The molecule has 0 spiro atoms. The van der Waals surface area contributed by atoms with Crippen molar-refractivity contribution in [3.8, 4) is 11.3 Å². The van der Waals surface area contributed by atoms with E-state index in [1.807, 2.05) is 48.7 Å². The van der Waals surface area contributed by atoms with E-state index in [-0.39, 0.29) is 16.5 Å². The molecule has 27 heavy (non-hydrogen) atoms. The fourth-order valence-corrected chi connectivity index (χ4v) is 4.48. The van der Waals surface area contributed by atoms with Crippen molar-refractivity contribution in [2.75, 3.05) is 11.9 Å². The van der Waals surface area contributed by atoms with Crippen LogP contribution in [0.25, 0.3) is 11.3 Å². The number of carbonyl (C=O) groups is 1. The summed E-state index contributed by atoms with van der Waals surface area (Å²) < 4.78 is 23.1. The fourth-order valence-electron chi connectivity index (χ4n) is 2.55. The van der Waals surface area contributed by atoms with Crippen LogP contribution < -0.4 is 15.0 Å². The lowest BCUT2D eigenvalue weighted by Gasteiger charge is -2.13. The van der Waals surface area contributed by atoms with E-state index in [1.54, 1.807) is 14.0 Å². The average molecular weight is 404 g/mol. The quantitative estimate of drug-likeness (QED) is 0.700. The summed E-state index contributed by atoms with van der Waals surface area (Å²) in [6.45, 7) is 1.55. The standard InChI is InChI=1S/C18H18N4O3S2/c1-12-17(27(19,24)25)26-18(21-12)22(2)16(23)11-13-6-8-14(9-7-13)15-5-3-4-10-20-15/h3-10H,11H2,1-2H3,(H2,19,24,25)/p+1. The topological polar surface area (TPSA) is 108 Å². The van der Waals surface area contributed by atoms with Crippen LogP contribution in [0.3, 0.4) is 0 Å². The van der Waals surface area contributed by atoms with Crippen molar-refractivity contribution in [1.29, 1.82) is 0 Å². The number of aromatic amines is 1. The Balaban J connectivity index is 1.73. The lowest BCUT2D eigenvalue weighted by Crippen LogP contribution is -2.27. The number of nitrogens with zero attached hydrogens (tertiary/aromatic N) is 2. The second kappa shape index (κ2) is 7.55. The minimum atomic E-state index is -3.85. The van der Waals surface area contributed by atoms with E-state index in [2.05, 4.69) is 9.97 Å². The normalized spacial score (nSPS) is 11.4. The van der Waals surface area contributed by atoms with E-state index in [4.69, 9.17) is 5.14 Å². The Bertz CT molecular complexity index is 1060. The van der Waals surface area contributed by atoms with E-state index >= 15 is 0 Å². The maximum absolute atomic E-state index is 12.5. The number of benzene rings is 1. The summed E-state index contributed by atoms with van der Waals surface area (Å²) in [4.78, 5) is 21.2. The maximum atomic E-state index is 12.5. The summed E-state index contributed by atoms with van der Waals surface area (Å²) in [7, 11) is -2.28. The Hall–Kier alpha value is -2.62. The van der Waals surface area contributed by atoms with Gasteiger partial charge in [0.25, 0.3) is 0 Å². The molecule has 7 nitrogen and oxygen atoms in total. The number of hydrogen-bond acceptors (Lipinski definition) is 5. The first-order valence-corrected chi connectivity index (χ1v) is 10.4. The van der Waals surface area contributed by atoms with Crippen molar-refractivity contribution in [3.05, 3.63) is 59.9 Å². The zero-order valence-corrected chi connectivity index (χ0v) is 16.5. The smallest absolute Gasteiger partial charge is 0.249 e. The number of H-pyrrole nitrogens is 1. The van der Waals surface area contributed by atoms with E-state index in [0.29, 0.717) is 10.8 Å². The highest BCUT2D eigenvalue weighted by Crippen LogP contribution is 2.28. The van der Waals surface area contributed by atoms with Gasteiger partial charge in [0, 0.05) is 24.7 Å². The molecule has 0 aliphatic heterocycles. The van der Waals surface area contributed by atoms with Gasteiger partial charge < -0.3 is 0 Å². The predicted molar refractivity (Wildman–Crippen MR) is 104 cm³/mol. The third-order valence-electron chi connectivity index (χ3n) is 3.99. The zero-order valence-electron chi connectivity index (χ0n) is 14.8. The maximum Gasteiger partial charge on any atom is 0.249 e. The number of nitrogens with one attached hydrogen (secondary N) is 1. The highest BCUT2D eigenvalue weighted by Gasteiger charge is 2.22. The molecule has 3 N–H and O–H groups in total. The number of nitrogens with two attached hydrogens (primary N) is 1. The van der Waals surface area contributed by atoms with Crippen molar-refractivity contribution in [3.63, 3.8) is 0 Å². The van der Waals surface area contributed by atoms with Crippen molar-refractivity contribution < 1.29 is 18.2 Å². The first-order chi connectivity index (χ1) is 12.8. The number of amides is 1. The van der Waals surface area contributed by atoms with Crippen LogP contribution in [0, 0.1) is 6.92 Å². The molecule has 0 saturated heterocycles. The van der Waals surface area contributed by atoms with Crippen molar-refractivity contribution in [2.24, 2.45) is 5.14 Å². The molecule has 0 bridgehead atoms. The van der Waals surface area contributed by atoms with Crippen LogP contribution in [0.15, 0.2) is 52.9 Å². The SMILES string of the molecule is Cc1nc(N(C)C(=O)Cc2ccc(-c3cccc[nH+]3)cc2)sc1S(N)(=O)=O. The van der Waals surface area contributed by atoms with Gasteiger partial charge in [-0.25, -0.2) is 23.5 Å². The average Bonchev–Trinajstić information content (AvgIpc) is 3.04. The molecule has 2 heterocycles. The summed E-state index contributed by atoms with van der Waals surface area (Å²) in [6.07, 6.45) is 2.03. The first-order valence-electron chi connectivity index (χ1n) is 8.08. The number of pyridine rings is 1. The molecule has 140 valence electrons. The van der Waals surface area contributed by atoms with Crippen molar-refractivity contribution in [2.45, 2.75) is 17.6 Å². The lowest BCUT2D eigenvalue weighted by atomic mass is 10.1. The molecule has 1 amide bonds. The number of aromatic nitrogens is 2. The number of thiazole rings is 1. The van der Waals surface area contributed by atoms with Gasteiger partial charge in [0.1, 0.15) is 0 Å². The molecule has 1 aromatic carbocycles. The van der Waals surface area contributed by atoms with Gasteiger partial charge in [-0.2, -0.15) is 0 Å². The van der Waals surface area contributed by atoms with Gasteiger partial charge in [-0.05, 0) is 30.7 Å². The van der Waals surface area contributed by atoms with Gasteiger partial charge in [-0.1, -0.05) is 23.5 Å². The number of sulfonamides is 1. The number of aryl methyl sites for hydroxylation is 1. The van der Waals surface area contributed by atoms with Crippen molar-refractivity contribution in [1.82, 2.24) is 4.98 Å². The third kappa shape index (κ3) is 4.38. The highest BCUT2D eigenvalue weighted by atomic mass is 32.2. The molecule has 0 radical (unpaired) electrons. The highest BCUT2D eigenvalue weighted by molar-refractivity contribution is 7.91. The van der Waals surface area contributed by atoms with Crippen LogP contribution in [-0.4, -0.2) is 26.4 Å². The molecular weight excluding hydrogens is 384 g/mol. The Morgan fingerprint density at radius 3 is 2.48 bits per heavy atom. The van der Waals surface area contributed by atoms with E-state index in [9.17, 15) is 13.2 Å². The molecule has 0 saturated carbocycles. The summed E-state index contributed by atoms with van der Waals surface area (Å²) in [6, 6.07) is 13.5. The summed E-state index contributed by atoms with van der Waals surface area (Å²) in [5.41, 5.74) is 3.15. The lowest BCUT2D eigenvalue weighted by molar-refractivity contribution is -0.364. The third-order valence-corrected chi connectivity index (χ3v) is 6.78. The van der Waals surface area contributed by atoms with Gasteiger partial charge in [-0.3, -0.25) is 9.69 Å². The van der Waals surface area contributed by atoms with E-state index in [1.165, 1.54) is 4.90 Å². The molecular formula is C18H19N4O3S2+. The van der Waals surface area contributed by atoms with E-state index < -0.39 is 10.0 Å². The molecule has 9 heteroatoms. The molecule has 0 unspecified atom stereocenters. The Kier molecular flexibility index (Phi) is 5.36.